The van der Waals surface area contributed by atoms with Crippen LogP contribution in [0, 0.1) is 17.7 Å². The Morgan fingerprint density at radius 3 is 2.03 bits per heavy atom. The number of carbonyl (C=O) groups is 4. The van der Waals surface area contributed by atoms with E-state index in [0.717, 1.165) is 4.90 Å². The van der Waals surface area contributed by atoms with Gasteiger partial charge in [0.25, 0.3) is 0 Å². The first-order chi connectivity index (χ1) is 16.8. The van der Waals surface area contributed by atoms with Gasteiger partial charge < -0.3 is 4.74 Å². The third kappa shape index (κ3) is 2.86. The molecular formula is C26H14Cl2FNO5. The van der Waals surface area contributed by atoms with Crippen molar-refractivity contribution in [3.63, 3.8) is 0 Å². The standard InChI is InChI=1S/C26H14Cl2FNO5/c27-17-10-9-14(11-18(17)28)30-24(33)19-20(25(30)34)26(35-21(19)12-5-7-13(29)8-6-12)22(31)15-3-1-2-4-16(15)23(26)32/h1-11,19-21H/t19-,20-,21+/m1/s1. The molecule has 0 aromatic heterocycles. The van der Waals surface area contributed by atoms with Gasteiger partial charge in [-0.05, 0) is 35.9 Å². The number of carbonyl (C=O) groups excluding carboxylic acids is 4. The fraction of sp³-hybridized carbons (Fsp3) is 0.154. The molecule has 3 aliphatic rings. The monoisotopic (exact) mass is 509 g/mol. The second-order valence-electron chi connectivity index (χ2n) is 8.64. The quantitative estimate of drug-likeness (QED) is 0.365. The minimum Gasteiger partial charge on any atom is -0.349 e. The van der Waals surface area contributed by atoms with Gasteiger partial charge in [0.2, 0.25) is 29.0 Å². The van der Waals surface area contributed by atoms with Crippen LogP contribution >= 0.6 is 23.2 Å². The summed E-state index contributed by atoms with van der Waals surface area (Å²) in [4.78, 5) is 55.8. The molecule has 2 saturated heterocycles. The minimum absolute atomic E-state index is 0.128. The zero-order chi connectivity index (χ0) is 24.6. The van der Waals surface area contributed by atoms with Crippen LogP contribution in [-0.2, 0) is 14.3 Å². The van der Waals surface area contributed by atoms with Gasteiger partial charge in [0.1, 0.15) is 5.82 Å². The summed E-state index contributed by atoms with van der Waals surface area (Å²) in [6, 6.07) is 15.7. The number of amides is 2. The summed E-state index contributed by atoms with van der Waals surface area (Å²) in [5.41, 5.74) is -1.42. The number of hydrogen-bond donors (Lipinski definition) is 0. The Kier molecular flexibility index (Phi) is 4.77. The highest BCUT2D eigenvalue weighted by molar-refractivity contribution is 6.42. The molecule has 2 heterocycles. The summed E-state index contributed by atoms with van der Waals surface area (Å²) in [6.07, 6.45) is -1.13. The normalized spacial score (nSPS) is 24.4. The second-order valence-corrected chi connectivity index (χ2v) is 9.46. The summed E-state index contributed by atoms with van der Waals surface area (Å²) in [6.45, 7) is 0. The average Bonchev–Trinajstić information content (AvgIpc) is 3.41. The molecular weight excluding hydrogens is 496 g/mol. The number of nitrogens with zero attached hydrogens (tertiary/aromatic N) is 1. The van der Waals surface area contributed by atoms with Crippen LogP contribution in [0.1, 0.15) is 32.4 Å². The Hall–Kier alpha value is -3.39. The molecule has 6 rings (SSSR count). The predicted molar refractivity (Wildman–Crippen MR) is 124 cm³/mol. The van der Waals surface area contributed by atoms with Crippen molar-refractivity contribution in [2.45, 2.75) is 11.7 Å². The zero-order valence-electron chi connectivity index (χ0n) is 17.7. The molecule has 3 aromatic rings. The van der Waals surface area contributed by atoms with Crippen LogP contribution in [-0.4, -0.2) is 29.0 Å². The van der Waals surface area contributed by atoms with E-state index in [1.165, 1.54) is 54.6 Å². The molecule has 3 aromatic carbocycles. The van der Waals surface area contributed by atoms with Crippen LogP contribution in [0.2, 0.25) is 10.0 Å². The first-order valence-corrected chi connectivity index (χ1v) is 11.5. The number of benzene rings is 3. The Morgan fingerprint density at radius 2 is 1.43 bits per heavy atom. The highest BCUT2D eigenvalue weighted by atomic mass is 35.5. The number of rotatable bonds is 2. The van der Waals surface area contributed by atoms with Gasteiger partial charge in [-0.2, -0.15) is 0 Å². The van der Waals surface area contributed by atoms with Crippen molar-refractivity contribution >= 4 is 52.3 Å². The van der Waals surface area contributed by atoms with Crippen LogP contribution in [0.4, 0.5) is 10.1 Å². The molecule has 9 heteroatoms. The lowest BCUT2D eigenvalue weighted by Crippen LogP contribution is -2.51. The highest BCUT2D eigenvalue weighted by Gasteiger charge is 2.74. The third-order valence-electron chi connectivity index (χ3n) is 6.88. The molecule has 0 saturated carbocycles. The Balaban J connectivity index is 1.54. The van der Waals surface area contributed by atoms with E-state index in [1.807, 2.05) is 0 Å². The molecule has 0 N–H and O–H groups in total. The van der Waals surface area contributed by atoms with Crippen molar-refractivity contribution in [3.8, 4) is 0 Å². The van der Waals surface area contributed by atoms with Crippen molar-refractivity contribution in [1.82, 2.24) is 0 Å². The number of imide groups is 1. The van der Waals surface area contributed by atoms with Crippen LogP contribution in [0.15, 0.2) is 66.7 Å². The van der Waals surface area contributed by atoms with Gasteiger partial charge in [-0.3, -0.25) is 19.2 Å². The molecule has 3 atom stereocenters. The molecule has 0 radical (unpaired) electrons. The maximum atomic E-state index is 13.8. The fourth-order valence-electron chi connectivity index (χ4n) is 5.35. The lowest BCUT2D eigenvalue weighted by Gasteiger charge is -2.27. The summed E-state index contributed by atoms with van der Waals surface area (Å²) in [7, 11) is 0. The van der Waals surface area contributed by atoms with Crippen LogP contribution in [0.3, 0.4) is 0 Å². The van der Waals surface area contributed by atoms with Crippen molar-refractivity contribution in [2.75, 3.05) is 4.90 Å². The van der Waals surface area contributed by atoms with Crippen molar-refractivity contribution in [3.05, 3.63) is 99.3 Å². The summed E-state index contributed by atoms with van der Waals surface area (Å²) < 4.78 is 19.8. The van der Waals surface area contributed by atoms with Gasteiger partial charge in [0, 0.05) is 11.1 Å². The zero-order valence-corrected chi connectivity index (χ0v) is 19.2. The average molecular weight is 510 g/mol. The SMILES string of the molecule is O=C1[C@H]2[C@H](c3ccc(F)cc3)OC3(C(=O)c4ccccc4C3=O)[C@H]2C(=O)N1c1ccc(Cl)c(Cl)c1. The molecule has 2 fully saturated rings. The van der Waals surface area contributed by atoms with Crippen molar-refractivity contribution < 1.29 is 28.3 Å². The number of Topliss-reactive ketones (excluding diaryl/α,β-unsaturated/α-hetero) is 2. The summed E-state index contributed by atoms with van der Waals surface area (Å²) >= 11 is 12.1. The molecule has 0 unspecified atom stereocenters. The molecule has 0 bridgehead atoms. The molecule has 2 aliphatic heterocycles. The van der Waals surface area contributed by atoms with Gasteiger partial charge in [0.05, 0.1) is 33.7 Å². The smallest absolute Gasteiger partial charge is 0.241 e. The number of ether oxygens (including phenoxy) is 1. The van der Waals surface area contributed by atoms with Crippen LogP contribution < -0.4 is 4.90 Å². The molecule has 35 heavy (non-hydrogen) atoms. The molecule has 2 amide bonds. The van der Waals surface area contributed by atoms with E-state index < -0.39 is 52.7 Å². The molecule has 1 spiro atoms. The fourth-order valence-corrected chi connectivity index (χ4v) is 5.64. The summed E-state index contributed by atoms with van der Waals surface area (Å²) in [5.74, 6) is -5.86. The largest absolute Gasteiger partial charge is 0.349 e. The lowest BCUT2D eigenvalue weighted by atomic mass is 9.77. The maximum Gasteiger partial charge on any atom is 0.241 e. The molecule has 174 valence electrons. The number of fused-ring (bicyclic) bond motifs is 3. The number of anilines is 1. The van der Waals surface area contributed by atoms with Crippen molar-refractivity contribution in [2.24, 2.45) is 11.8 Å². The van der Waals surface area contributed by atoms with Gasteiger partial charge >= 0.3 is 0 Å². The van der Waals surface area contributed by atoms with E-state index in [2.05, 4.69) is 0 Å². The third-order valence-corrected chi connectivity index (χ3v) is 7.62. The predicted octanol–water partition coefficient (Wildman–Crippen LogP) is 4.83. The van der Waals surface area contributed by atoms with Crippen LogP contribution in [0.25, 0.3) is 0 Å². The van der Waals surface area contributed by atoms with Crippen molar-refractivity contribution in [1.29, 1.82) is 0 Å². The topological polar surface area (TPSA) is 80.8 Å². The van der Waals surface area contributed by atoms with Gasteiger partial charge in [-0.15, -0.1) is 0 Å². The van der Waals surface area contributed by atoms with E-state index in [4.69, 9.17) is 27.9 Å². The van der Waals surface area contributed by atoms with E-state index >= 15 is 0 Å². The van der Waals surface area contributed by atoms with E-state index in [0.29, 0.717) is 5.56 Å². The van der Waals surface area contributed by atoms with E-state index in [9.17, 15) is 23.6 Å². The Labute approximate surface area is 208 Å². The Bertz CT molecular complexity index is 1440. The minimum atomic E-state index is -2.20. The summed E-state index contributed by atoms with van der Waals surface area (Å²) in [5, 5.41) is 0.360. The Morgan fingerprint density at radius 1 is 0.800 bits per heavy atom. The van der Waals surface area contributed by atoms with Gasteiger partial charge in [-0.25, -0.2) is 9.29 Å². The number of halogens is 3. The number of ketones is 2. The first kappa shape index (κ1) is 22.1. The van der Waals surface area contributed by atoms with E-state index in [-0.39, 0.29) is 26.9 Å². The van der Waals surface area contributed by atoms with Gasteiger partial charge in [-0.1, -0.05) is 59.6 Å². The number of hydrogen-bond acceptors (Lipinski definition) is 5. The molecule has 1 aliphatic carbocycles. The highest BCUT2D eigenvalue weighted by Crippen LogP contribution is 2.57. The maximum absolute atomic E-state index is 13.8. The lowest BCUT2D eigenvalue weighted by molar-refractivity contribution is -0.127. The van der Waals surface area contributed by atoms with Crippen LogP contribution in [0.5, 0.6) is 0 Å². The first-order valence-electron chi connectivity index (χ1n) is 10.7. The molecule has 6 nitrogen and oxygen atoms in total. The van der Waals surface area contributed by atoms with E-state index in [1.54, 1.807) is 12.1 Å². The second kappa shape index (κ2) is 7.55. The van der Waals surface area contributed by atoms with Gasteiger partial charge in [0.15, 0.2) is 0 Å².